The van der Waals surface area contributed by atoms with Gasteiger partial charge in [-0.2, -0.15) is 0 Å². The third-order valence-corrected chi connectivity index (χ3v) is 5.56. The van der Waals surface area contributed by atoms with Gasteiger partial charge in [-0.3, -0.25) is 14.2 Å². The Kier molecular flexibility index (Phi) is 6.14. The third-order valence-electron chi connectivity index (χ3n) is 4.60. The first-order chi connectivity index (χ1) is 12.5. The van der Waals surface area contributed by atoms with Gasteiger partial charge in [0.1, 0.15) is 0 Å². The minimum Gasteiger partial charge on any atom is -0.353 e. The fraction of sp³-hybridized carbons (Fsp3) is 0.450. The van der Waals surface area contributed by atoms with Crippen molar-refractivity contribution in [2.75, 3.05) is 5.75 Å². The molecule has 1 N–H and O–H groups in total. The molecule has 1 aromatic carbocycles. The van der Waals surface area contributed by atoms with E-state index in [0.717, 1.165) is 29.7 Å². The zero-order valence-electron chi connectivity index (χ0n) is 15.3. The molecular formula is C20H25N3O2S. The molecule has 0 bridgehead atoms. The number of aromatic nitrogens is 2. The van der Waals surface area contributed by atoms with E-state index in [-0.39, 0.29) is 23.3 Å². The second-order valence-electron chi connectivity index (χ2n) is 6.94. The lowest BCUT2D eigenvalue weighted by Gasteiger charge is -2.22. The van der Waals surface area contributed by atoms with Crippen LogP contribution in [-0.4, -0.2) is 27.3 Å². The van der Waals surface area contributed by atoms with E-state index in [9.17, 15) is 9.59 Å². The van der Waals surface area contributed by atoms with Gasteiger partial charge in [-0.1, -0.05) is 37.1 Å². The number of thioether (sulfide) groups is 1. The van der Waals surface area contributed by atoms with Crippen LogP contribution in [0.4, 0.5) is 0 Å². The van der Waals surface area contributed by atoms with Crippen molar-refractivity contribution in [2.24, 2.45) is 0 Å². The first-order valence-corrected chi connectivity index (χ1v) is 10.1. The van der Waals surface area contributed by atoms with Gasteiger partial charge in [-0.15, -0.1) is 0 Å². The summed E-state index contributed by atoms with van der Waals surface area (Å²) < 4.78 is 1.59. The Morgan fingerprint density at radius 1 is 1.19 bits per heavy atom. The van der Waals surface area contributed by atoms with Crippen LogP contribution in [0.3, 0.4) is 0 Å². The summed E-state index contributed by atoms with van der Waals surface area (Å²) in [5.74, 6) is 0.195. The highest BCUT2D eigenvalue weighted by Crippen LogP contribution is 2.18. The lowest BCUT2D eigenvalue weighted by atomic mass is 9.95. The number of nitrogens with one attached hydrogen (secondary N) is 1. The van der Waals surface area contributed by atoms with Crippen molar-refractivity contribution < 1.29 is 4.79 Å². The minimum atomic E-state index is -0.187. The van der Waals surface area contributed by atoms with Gasteiger partial charge in [0.25, 0.3) is 5.56 Å². The number of hydrogen-bond donors (Lipinski definition) is 1. The van der Waals surface area contributed by atoms with Gasteiger partial charge in [0.05, 0.1) is 5.75 Å². The van der Waals surface area contributed by atoms with Crippen LogP contribution in [0, 0.1) is 13.8 Å². The molecule has 1 fully saturated rings. The topological polar surface area (TPSA) is 64.0 Å². The van der Waals surface area contributed by atoms with Gasteiger partial charge in [-0.05, 0) is 49.9 Å². The molecule has 0 atom stereocenters. The van der Waals surface area contributed by atoms with Gasteiger partial charge in [-0.25, -0.2) is 4.98 Å². The summed E-state index contributed by atoms with van der Waals surface area (Å²) in [5, 5.41) is 3.43. The Morgan fingerprint density at radius 3 is 2.58 bits per heavy atom. The van der Waals surface area contributed by atoms with Crippen molar-refractivity contribution in [2.45, 2.75) is 57.0 Å². The van der Waals surface area contributed by atoms with Crippen LogP contribution >= 0.6 is 11.8 Å². The molecule has 0 radical (unpaired) electrons. The number of hydrogen-bond acceptors (Lipinski definition) is 4. The summed E-state index contributed by atoms with van der Waals surface area (Å²) in [7, 11) is 0. The molecule has 6 heteroatoms. The molecule has 1 aromatic heterocycles. The van der Waals surface area contributed by atoms with Gasteiger partial charge >= 0.3 is 0 Å². The Labute approximate surface area is 158 Å². The van der Waals surface area contributed by atoms with Crippen molar-refractivity contribution in [3.8, 4) is 5.69 Å². The normalized spacial score (nSPS) is 15.0. The summed E-state index contributed by atoms with van der Waals surface area (Å²) in [4.78, 5) is 29.1. The Morgan fingerprint density at radius 2 is 1.88 bits per heavy atom. The van der Waals surface area contributed by atoms with E-state index >= 15 is 0 Å². The summed E-state index contributed by atoms with van der Waals surface area (Å²) in [6, 6.07) is 6.30. The van der Waals surface area contributed by atoms with E-state index in [4.69, 9.17) is 0 Å². The molecular weight excluding hydrogens is 346 g/mol. The van der Waals surface area contributed by atoms with Crippen LogP contribution in [0.5, 0.6) is 0 Å². The molecule has 0 saturated heterocycles. The molecule has 0 aliphatic heterocycles. The van der Waals surface area contributed by atoms with Crippen molar-refractivity contribution in [3.05, 3.63) is 52.1 Å². The van der Waals surface area contributed by atoms with Crippen molar-refractivity contribution in [3.63, 3.8) is 0 Å². The van der Waals surface area contributed by atoms with Crippen LogP contribution in [0.15, 0.2) is 40.4 Å². The number of rotatable bonds is 5. The number of nitrogens with zero attached hydrogens (tertiary/aromatic N) is 2. The Hall–Kier alpha value is -2.08. The average Bonchev–Trinajstić information content (AvgIpc) is 2.61. The molecule has 1 aliphatic carbocycles. The number of aryl methyl sites for hydroxylation is 2. The largest absolute Gasteiger partial charge is 0.353 e. The molecule has 0 unspecified atom stereocenters. The predicted octanol–water partition coefficient (Wildman–Crippen LogP) is 3.39. The molecule has 5 nitrogen and oxygen atoms in total. The maximum atomic E-state index is 12.7. The second kappa shape index (κ2) is 8.54. The van der Waals surface area contributed by atoms with Gasteiger partial charge in [0, 0.05) is 24.1 Å². The van der Waals surface area contributed by atoms with Crippen molar-refractivity contribution in [1.82, 2.24) is 14.9 Å². The average molecular weight is 372 g/mol. The summed E-state index contributed by atoms with van der Waals surface area (Å²) >= 11 is 1.20. The smallest absolute Gasteiger partial charge is 0.287 e. The summed E-state index contributed by atoms with van der Waals surface area (Å²) in [5.41, 5.74) is 2.84. The van der Waals surface area contributed by atoms with Crippen LogP contribution in [0.1, 0.15) is 43.2 Å². The van der Waals surface area contributed by atoms with Crippen LogP contribution in [0.25, 0.3) is 5.69 Å². The molecule has 1 aliphatic rings. The molecule has 1 amide bonds. The monoisotopic (exact) mass is 371 g/mol. The highest BCUT2D eigenvalue weighted by atomic mass is 32.2. The molecule has 0 spiro atoms. The summed E-state index contributed by atoms with van der Waals surface area (Å²) in [6.07, 6.45) is 9.01. The maximum Gasteiger partial charge on any atom is 0.287 e. The summed E-state index contributed by atoms with van der Waals surface area (Å²) in [6.45, 7) is 4.02. The lowest BCUT2D eigenvalue weighted by Crippen LogP contribution is -2.37. The first-order valence-electron chi connectivity index (χ1n) is 9.11. The van der Waals surface area contributed by atoms with Crippen molar-refractivity contribution >= 4 is 17.7 Å². The molecule has 1 saturated carbocycles. The SMILES string of the molecule is Cc1cc(C)cc(-n2ccnc(SCC(=O)NC3CCCCC3)c2=O)c1. The molecule has 138 valence electrons. The molecule has 26 heavy (non-hydrogen) atoms. The fourth-order valence-corrected chi connectivity index (χ4v) is 4.14. The number of amides is 1. The van der Waals surface area contributed by atoms with E-state index in [0.29, 0.717) is 5.03 Å². The maximum absolute atomic E-state index is 12.7. The van der Waals surface area contributed by atoms with Crippen molar-refractivity contribution in [1.29, 1.82) is 0 Å². The third kappa shape index (κ3) is 4.75. The molecule has 3 rings (SSSR count). The van der Waals surface area contributed by atoms with E-state index in [1.54, 1.807) is 17.0 Å². The Bertz CT molecular complexity index is 821. The second-order valence-corrected chi connectivity index (χ2v) is 7.91. The quantitative estimate of drug-likeness (QED) is 0.818. The molecule has 2 aromatic rings. The van der Waals surface area contributed by atoms with Crippen LogP contribution in [0.2, 0.25) is 0 Å². The fourth-order valence-electron chi connectivity index (χ4n) is 3.44. The zero-order valence-corrected chi connectivity index (χ0v) is 16.1. The zero-order chi connectivity index (χ0) is 18.5. The first kappa shape index (κ1) is 18.7. The molecule has 1 heterocycles. The number of carbonyl (C=O) groups excluding carboxylic acids is 1. The minimum absolute atomic E-state index is 0.0232. The van der Waals surface area contributed by atoms with E-state index in [1.165, 1.54) is 31.0 Å². The van der Waals surface area contributed by atoms with Gasteiger partial charge < -0.3 is 5.32 Å². The van der Waals surface area contributed by atoms with E-state index in [1.807, 2.05) is 26.0 Å². The highest BCUT2D eigenvalue weighted by molar-refractivity contribution is 7.99. The van der Waals surface area contributed by atoms with Crippen LogP contribution in [-0.2, 0) is 4.79 Å². The van der Waals surface area contributed by atoms with E-state index < -0.39 is 0 Å². The predicted molar refractivity (Wildman–Crippen MR) is 105 cm³/mol. The standard InChI is InChI=1S/C20H25N3O2S/c1-14-10-15(2)12-17(11-14)23-9-8-21-19(20(23)25)26-13-18(24)22-16-6-4-3-5-7-16/h8-12,16H,3-7,13H2,1-2H3,(H,22,24). The van der Waals surface area contributed by atoms with Gasteiger partial charge in [0.15, 0.2) is 5.03 Å². The van der Waals surface area contributed by atoms with Gasteiger partial charge in [0.2, 0.25) is 5.91 Å². The lowest BCUT2D eigenvalue weighted by molar-refractivity contribution is -0.119. The van der Waals surface area contributed by atoms with E-state index in [2.05, 4.69) is 16.4 Å². The highest BCUT2D eigenvalue weighted by Gasteiger charge is 2.16. The number of carbonyl (C=O) groups is 1. The Balaban J connectivity index is 1.69. The number of benzene rings is 1. The van der Waals surface area contributed by atoms with Crippen LogP contribution < -0.4 is 10.9 Å².